The van der Waals surface area contributed by atoms with Crippen molar-refractivity contribution >= 4 is 5.52 Å². The van der Waals surface area contributed by atoms with Crippen molar-refractivity contribution in [3.63, 3.8) is 0 Å². The van der Waals surface area contributed by atoms with E-state index in [1.165, 1.54) is 5.52 Å². The molecule has 3 nitrogen and oxygen atoms in total. The summed E-state index contributed by atoms with van der Waals surface area (Å²) in [5.41, 5.74) is 1.18. The van der Waals surface area contributed by atoms with Crippen molar-refractivity contribution in [1.82, 2.24) is 14.3 Å². The molecule has 0 spiro atoms. The van der Waals surface area contributed by atoms with E-state index >= 15 is 0 Å². The molecule has 0 aliphatic carbocycles. The largest absolute Gasteiger partial charge is 0.304 e. The van der Waals surface area contributed by atoms with Crippen molar-refractivity contribution in [1.29, 1.82) is 0 Å². The van der Waals surface area contributed by atoms with Gasteiger partial charge in [-0.1, -0.05) is 19.9 Å². The third kappa shape index (κ3) is 2.50. The van der Waals surface area contributed by atoms with Crippen LogP contribution in [-0.4, -0.2) is 33.4 Å². The van der Waals surface area contributed by atoms with Crippen molar-refractivity contribution in [2.45, 2.75) is 33.2 Å². The Labute approximate surface area is 103 Å². The third-order valence-electron chi connectivity index (χ3n) is 3.43. The summed E-state index contributed by atoms with van der Waals surface area (Å²) in [7, 11) is 0. The lowest BCUT2D eigenvalue weighted by Gasteiger charge is -2.25. The lowest BCUT2D eigenvalue weighted by atomic mass is 10.2. The number of hydrogen-bond donors (Lipinski definition) is 0. The molecule has 1 atom stereocenters. The highest BCUT2D eigenvalue weighted by Gasteiger charge is 2.13. The minimum absolute atomic E-state index is 0.538. The summed E-state index contributed by atoms with van der Waals surface area (Å²) < 4.78 is 2.18. The van der Waals surface area contributed by atoms with Gasteiger partial charge in [0, 0.05) is 18.7 Å². The number of aromatic nitrogens is 2. The molecule has 0 bridgehead atoms. The molecule has 17 heavy (non-hydrogen) atoms. The van der Waals surface area contributed by atoms with Gasteiger partial charge in [-0.2, -0.15) is 0 Å². The fourth-order valence-electron chi connectivity index (χ4n) is 2.39. The molecule has 0 radical (unpaired) electrons. The fraction of sp³-hybridized carbons (Fsp3) is 0.500. The van der Waals surface area contributed by atoms with E-state index in [0.717, 1.165) is 25.3 Å². The molecule has 0 aliphatic heterocycles. The van der Waals surface area contributed by atoms with Gasteiger partial charge < -0.3 is 9.30 Å². The Balaban J connectivity index is 2.18. The van der Waals surface area contributed by atoms with Gasteiger partial charge in [0.25, 0.3) is 0 Å². The Hall–Kier alpha value is -1.35. The molecule has 0 saturated heterocycles. The SMILES string of the molecule is CCN(CC)C(C)Cc1ncc2ccccn12. The van der Waals surface area contributed by atoms with Crippen LogP contribution in [0.25, 0.3) is 5.52 Å². The number of pyridine rings is 1. The van der Waals surface area contributed by atoms with Gasteiger partial charge in [-0.25, -0.2) is 4.98 Å². The van der Waals surface area contributed by atoms with Crippen LogP contribution >= 0.6 is 0 Å². The predicted molar refractivity (Wildman–Crippen MR) is 71.3 cm³/mol. The zero-order valence-corrected chi connectivity index (χ0v) is 10.9. The number of nitrogens with zero attached hydrogens (tertiary/aromatic N) is 3. The summed E-state index contributed by atoms with van der Waals surface area (Å²) in [6.45, 7) is 8.90. The highest BCUT2D eigenvalue weighted by atomic mass is 15.1. The molecule has 0 aromatic carbocycles. The average Bonchev–Trinajstić information content (AvgIpc) is 2.74. The molecule has 92 valence electrons. The molecule has 1 unspecified atom stereocenters. The van der Waals surface area contributed by atoms with Gasteiger partial charge in [0.15, 0.2) is 0 Å². The maximum Gasteiger partial charge on any atom is 0.114 e. The second kappa shape index (κ2) is 5.32. The van der Waals surface area contributed by atoms with E-state index < -0.39 is 0 Å². The van der Waals surface area contributed by atoms with Gasteiger partial charge in [0.05, 0.1) is 11.7 Å². The first-order valence-corrected chi connectivity index (χ1v) is 6.41. The van der Waals surface area contributed by atoms with E-state index in [1.54, 1.807) is 0 Å². The number of imidazole rings is 1. The van der Waals surface area contributed by atoms with Crippen LogP contribution in [0.2, 0.25) is 0 Å². The van der Waals surface area contributed by atoms with Crippen LogP contribution in [0.1, 0.15) is 26.6 Å². The van der Waals surface area contributed by atoms with Crippen LogP contribution in [0.5, 0.6) is 0 Å². The van der Waals surface area contributed by atoms with Gasteiger partial charge in [0.1, 0.15) is 5.82 Å². The summed E-state index contributed by atoms with van der Waals surface area (Å²) >= 11 is 0. The lowest BCUT2D eigenvalue weighted by molar-refractivity contribution is 0.228. The van der Waals surface area contributed by atoms with Gasteiger partial charge in [0.2, 0.25) is 0 Å². The van der Waals surface area contributed by atoms with Crippen molar-refractivity contribution in [2.75, 3.05) is 13.1 Å². The standard InChI is InChI=1S/C14H21N3/c1-4-16(5-2)12(3)10-14-15-11-13-8-6-7-9-17(13)14/h6-9,11-12H,4-5,10H2,1-3H3. The predicted octanol–water partition coefficient (Wildman–Crippen LogP) is 2.61. The van der Waals surface area contributed by atoms with E-state index in [0.29, 0.717) is 6.04 Å². The monoisotopic (exact) mass is 231 g/mol. The molecule has 2 heterocycles. The number of likely N-dealkylation sites (N-methyl/N-ethyl adjacent to an activating group) is 1. The average molecular weight is 231 g/mol. The van der Waals surface area contributed by atoms with Crippen LogP contribution in [0.15, 0.2) is 30.6 Å². The summed E-state index contributed by atoms with van der Waals surface area (Å²) in [6, 6.07) is 6.74. The van der Waals surface area contributed by atoms with Crippen molar-refractivity contribution in [2.24, 2.45) is 0 Å². The molecule has 0 aliphatic rings. The molecule has 2 aromatic heterocycles. The summed E-state index contributed by atoms with van der Waals surface area (Å²) in [5, 5.41) is 0. The summed E-state index contributed by atoms with van der Waals surface area (Å²) in [4.78, 5) is 6.98. The van der Waals surface area contributed by atoms with E-state index in [2.05, 4.69) is 59.5 Å². The van der Waals surface area contributed by atoms with Crippen molar-refractivity contribution in [3.8, 4) is 0 Å². The maximum absolute atomic E-state index is 4.52. The van der Waals surface area contributed by atoms with E-state index in [9.17, 15) is 0 Å². The maximum atomic E-state index is 4.52. The minimum atomic E-state index is 0.538. The molecule has 2 rings (SSSR count). The van der Waals surface area contributed by atoms with Crippen LogP contribution in [0.4, 0.5) is 0 Å². The van der Waals surface area contributed by atoms with Crippen LogP contribution < -0.4 is 0 Å². The molecule has 2 aromatic rings. The van der Waals surface area contributed by atoms with Gasteiger partial charge in [-0.05, 0) is 32.1 Å². The summed E-state index contributed by atoms with van der Waals surface area (Å²) in [6.07, 6.45) is 5.04. The van der Waals surface area contributed by atoms with E-state index in [1.807, 2.05) is 6.20 Å². The molecule has 0 saturated carbocycles. The zero-order valence-electron chi connectivity index (χ0n) is 10.9. The second-order valence-electron chi connectivity index (χ2n) is 4.44. The third-order valence-corrected chi connectivity index (χ3v) is 3.43. The number of hydrogen-bond acceptors (Lipinski definition) is 2. The molecular weight excluding hydrogens is 210 g/mol. The first kappa shape index (κ1) is 12.1. The van der Waals surface area contributed by atoms with Crippen LogP contribution in [-0.2, 0) is 6.42 Å². The Morgan fingerprint density at radius 3 is 2.76 bits per heavy atom. The van der Waals surface area contributed by atoms with Crippen LogP contribution in [0.3, 0.4) is 0 Å². The van der Waals surface area contributed by atoms with Crippen molar-refractivity contribution in [3.05, 3.63) is 36.4 Å². The highest BCUT2D eigenvalue weighted by molar-refractivity contribution is 5.45. The van der Waals surface area contributed by atoms with E-state index in [-0.39, 0.29) is 0 Å². The normalized spacial score (nSPS) is 13.4. The zero-order chi connectivity index (χ0) is 12.3. The van der Waals surface area contributed by atoms with E-state index in [4.69, 9.17) is 0 Å². The highest BCUT2D eigenvalue weighted by Crippen LogP contribution is 2.10. The molecule has 0 fully saturated rings. The Morgan fingerprint density at radius 2 is 2.06 bits per heavy atom. The molecule has 3 heteroatoms. The second-order valence-corrected chi connectivity index (χ2v) is 4.44. The Bertz CT molecular complexity index is 471. The van der Waals surface area contributed by atoms with Gasteiger partial charge >= 0.3 is 0 Å². The van der Waals surface area contributed by atoms with Crippen molar-refractivity contribution < 1.29 is 0 Å². The van der Waals surface area contributed by atoms with Gasteiger partial charge in [-0.3, -0.25) is 0 Å². The van der Waals surface area contributed by atoms with Crippen LogP contribution in [0, 0.1) is 0 Å². The summed E-state index contributed by atoms with van der Waals surface area (Å²) in [5.74, 6) is 1.15. The lowest BCUT2D eigenvalue weighted by Crippen LogP contribution is -2.34. The number of rotatable bonds is 5. The number of fused-ring (bicyclic) bond motifs is 1. The Morgan fingerprint density at radius 1 is 1.29 bits per heavy atom. The first-order valence-electron chi connectivity index (χ1n) is 6.41. The minimum Gasteiger partial charge on any atom is -0.304 e. The smallest absolute Gasteiger partial charge is 0.114 e. The topological polar surface area (TPSA) is 20.5 Å². The Kier molecular flexibility index (Phi) is 3.79. The van der Waals surface area contributed by atoms with Gasteiger partial charge in [-0.15, -0.1) is 0 Å². The fourth-order valence-corrected chi connectivity index (χ4v) is 2.39. The molecule has 0 N–H and O–H groups in total. The first-order chi connectivity index (χ1) is 8.26. The quantitative estimate of drug-likeness (QED) is 0.788. The molecule has 0 amide bonds. The molecular formula is C14H21N3.